The molecule has 0 bridgehead atoms. The topological polar surface area (TPSA) is 87.0 Å². The van der Waals surface area contributed by atoms with E-state index in [1.54, 1.807) is 0 Å². The number of nitrogens with zero attached hydrogens (tertiary/aromatic N) is 1. The van der Waals surface area contributed by atoms with Gasteiger partial charge < -0.3 is 5.32 Å². The number of hydrogen-bond donors (Lipinski definition) is 5. The average molecular weight is 280 g/mol. The molecule has 1 heterocycles. The predicted molar refractivity (Wildman–Crippen MR) is 81.8 cm³/mol. The summed E-state index contributed by atoms with van der Waals surface area (Å²) >= 11 is 0. The van der Waals surface area contributed by atoms with Crippen molar-refractivity contribution in [2.24, 2.45) is 0 Å². The summed E-state index contributed by atoms with van der Waals surface area (Å²) in [6.07, 6.45) is 11.0. The predicted octanol–water partition coefficient (Wildman–Crippen LogP) is 1.75. The van der Waals surface area contributed by atoms with E-state index < -0.39 is 0 Å². The van der Waals surface area contributed by atoms with Crippen LogP contribution in [-0.4, -0.2) is 36.1 Å². The summed E-state index contributed by atoms with van der Waals surface area (Å²) in [6, 6.07) is 0.389. The van der Waals surface area contributed by atoms with Crippen molar-refractivity contribution in [3.63, 3.8) is 0 Å². The summed E-state index contributed by atoms with van der Waals surface area (Å²) in [5, 5.41) is 23.8. The van der Waals surface area contributed by atoms with Gasteiger partial charge in [0.25, 0.3) is 0 Å². The highest BCUT2D eigenvalue weighted by molar-refractivity contribution is 5.95. The molecule has 5 N–H and O–H groups in total. The van der Waals surface area contributed by atoms with Crippen molar-refractivity contribution in [1.29, 1.82) is 10.8 Å². The van der Waals surface area contributed by atoms with Crippen LogP contribution in [0, 0.1) is 10.8 Å². The zero-order valence-corrected chi connectivity index (χ0v) is 12.3. The van der Waals surface area contributed by atoms with Crippen molar-refractivity contribution in [2.75, 3.05) is 13.1 Å². The second-order valence-corrected chi connectivity index (χ2v) is 5.87. The Balaban J connectivity index is 1.66. The van der Waals surface area contributed by atoms with Gasteiger partial charge in [-0.1, -0.05) is 32.1 Å². The molecule has 2 rings (SSSR count). The summed E-state index contributed by atoms with van der Waals surface area (Å²) in [4.78, 5) is 0. The van der Waals surface area contributed by atoms with Crippen molar-refractivity contribution < 1.29 is 0 Å². The number of nitrogens with one attached hydrogen (secondary N) is 5. The van der Waals surface area contributed by atoms with E-state index in [2.05, 4.69) is 21.1 Å². The van der Waals surface area contributed by atoms with Crippen molar-refractivity contribution in [2.45, 2.75) is 63.8 Å². The molecule has 0 radical (unpaired) electrons. The molecule has 1 aliphatic carbocycles. The Morgan fingerprint density at radius 2 is 1.40 bits per heavy atom. The number of guanidine groups is 2. The summed E-state index contributed by atoms with van der Waals surface area (Å²) < 4.78 is 0. The first-order valence-electron chi connectivity index (χ1n) is 7.96. The lowest BCUT2D eigenvalue weighted by Gasteiger charge is -2.28. The highest BCUT2D eigenvalue weighted by atomic mass is 15.5. The van der Waals surface area contributed by atoms with Crippen LogP contribution >= 0.6 is 0 Å². The van der Waals surface area contributed by atoms with Gasteiger partial charge in [-0.2, -0.15) is 0 Å². The van der Waals surface area contributed by atoms with Crippen LogP contribution in [0.1, 0.15) is 57.8 Å². The van der Waals surface area contributed by atoms with Gasteiger partial charge in [0.1, 0.15) is 0 Å². The highest BCUT2D eigenvalue weighted by Crippen LogP contribution is 2.16. The summed E-state index contributed by atoms with van der Waals surface area (Å²) in [5.74, 6) is 0.435. The molecular weight excluding hydrogens is 252 g/mol. The van der Waals surface area contributed by atoms with Crippen LogP contribution in [0.4, 0.5) is 0 Å². The second-order valence-electron chi connectivity index (χ2n) is 5.87. The van der Waals surface area contributed by atoms with E-state index in [0.717, 1.165) is 25.9 Å². The maximum absolute atomic E-state index is 7.92. The largest absolute Gasteiger partial charge is 0.353 e. The van der Waals surface area contributed by atoms with Crippen LogP contribution in [0.25, 0.3) is 0 Å². The van der Waals surface area contributed by atoms with Gasteiger partial charge in [0.2, 0.25) is 5.96 Å². The Morgan fingerprint density at radius 1 is 0.800 bits per heavy atom. The SMILES string of the molecule is N=C(NC(=N)NN1CCCCC1)NC1CCCCCC1. The van der Waals surface area contributed by atoms with Crippen molar-refractivity contribution in [1.82, 2.24) is 21.1 Å². The van der Waals surface area contributed by atoms with E-state index in [9.17, 15) is 0 Å². The fraction of sp³-hybridized carbons (Fsp3) is 0.857. The van der Waals surface area contributed by atoms with Crippen LogP contribution in [-0.2, 0) is 0 Å². The third-order valence-electron chi connectivity index (χ3n) is 4.08. The van der Waals surface area contributed by atoms with Crippen LogP contribution in [0.15, 0.2) is 0 Å². The van der Waals surface area contributed by atoms with Gasteiger partial charge in [0.05, 0.1) is 0 Å². The maximum Gasteiger partial charge on any atom is 0.210 e. The lowest BCUT2D eigenvalue weighted by atomic mass is 10.1. The molecule has 6 nitrogen and oxygen atoms in total. The molecule has 114 valence electrons. The Kier molecular flexibility index (Phi) is 6.11. The van der Waals surface area contributed by atoms with Crippen LogP contribution < -0.4 is 16.1 Å². The minimum absolute atomic E-state index is 0.193. The molecule has 0 aromatic carbocycles. The molecule has 2 aliphatic rings. The first-order chi connectivity index (χ1) is 9.74. The Morgan fingerprint density at radius 3 is 2.05 bits per heavy atom. The van der Waals surface area contributed by atoms with E-state index in [1.807, 2.05) is 0 Å². The van der Waals surface area contributed by atoms with Gasteiger partial charge in [0, 0.05) is 19.1 Å². The quantitative estimate of drug-likeness (QED) is 0.303. The lowest BCUT2D eigenvalue weighted by Crippen LogP contribution is -2.54. The molecule has 0 aromatic heterocycles. The molecule has 1 saturated carbocycles. The number of hydrogen-bond acceptors (Lipinski definition) is 3. The third kappa shape index (κ3) is 5.36. The van der Waals surface area contributed by atoms with Crippen molar-refractivity contribution in [3.05, 3.63) is 0 Å². The smallest absolute Gasteiger partial charge is 0.210 e. The van der Waals surface area contributed by atoms with Gasteiger partial charge >= 0.3 is 0 Å². The Hall–Kier alpha value is -1.30. The van der Waals surface area contributed by atoms with E-state index >= 15 is 0 Å². The zero-order chi connectivity index (χ0) is 14.2. The number of hydrazine groups is 1. The van der Waals surface area contributed by atoms with E-state index in [4.69, 9.17) is 10.8 Å². The maximum atomic E-state index is 7.92. The molecule has 0 spiro atoms. The summed E-state index contributed by atoms with van der Waals surface area (Å²) in [6.45, 7) is 1.96. The van der Waals surface area contributed by atoms with Crippen LogP contribution in [0.2, 0.25) is 0 Å². The standard InChI is InChI=1S/C14H28N6/c15-13(17-12-8-4-1-2-5-9-12)18-14(16)19-20-10-6-3-7-11-20/h12H,1-11H2,(H5,15,16,17,18,19). The number of piperidine rings is 1. The monoisotopic (exact) mass is 280 g/mol. The molecule has 1 saturated heterocycles. The molecular formula is C14H28N6. The van der Waals surface area contributed by atoms with Gasteiger partial charge in [-0.3, -0.25) is 21.6 Å². The summed E-state index contributed by atoms with van der Waals surface area (Å²) in [7, 11) is 0. The van der Waals surface area contributed by atoms with E-state index in [1.165, 1.54) is 44.9 Å². The van der Waals surface area contributed by atoms with Gasteiger partial charge in [0.15, 0.2) is 5.96 Å². The third-order valence-corrected chi connectivity index (χ3v) is 4.08. The second kappa shape index (κ2) is 8.09. The van der Waals surface area contributed by atoms with Crippen LogP contribution in [0.5, 0.6) is 0 Å². The number of rotatable bonds is 2. The minimum atomic E-state index is 0.193. The van der Waals surface area contributed by atoms with E-state index in [-0.39, 0.29) is 11.9 Å². The molecule has 20 heavy (non-hydrogen) atoms. The molecule has 1 aliphatic heterocycles. The summed E-state index contributed by atoms with van der Waals surface area (Å²) in [5.41, 5.74) is 3.02. The average Bonchev–Trinajstić information content (AvgIpc) is 2.68. The molecule has 0 amide bonds. The van der Waals surface area contributed by atoms with Crippen molar-refractivity contribution in [3.8, 4) is 0 Å². The normalized spacial score (nSPS) is 21.8. The fourth-order valence-corrected chi connectivity index (χ4v) is 2.98. The molecule has 0 unspecified atom stereocenters. The van der Waals surface area contributed by atoms with E-state index in [0.29, 0.717) is 6.04 Å². The van der Waals surface area contributed by atoms with Gasteiger partial charge in [-0.25, -0.2) is 5.01 Å². The lowest BCUT2D eigenvalue weighted by molar-refractivity contribution is 0.192. The first-order valence-corrected chi connectivity index (χ1v) is 7.96. The molecule has 0 aromatic rings. The Labute approximate surface area is 121 Å². The molecule has 0 atom stereocenters. The fourth-order valence-electron chi connectivity index (χ4n) is 2.98. The van der Waals surface area contributed by atoms with Crippen molar-refractivity contribution >= 4 is 11.9 Å². The zero-order valence-electron chi connectivity index (χ0n) is 12.3. The van der Waals surface area contributed by atoms with Crippen LogP contribution in [0.3, 0.4) is 0 Å². The Bertz CT molecular complexity index is 316. The molecule has 2 fully saturated rings. The molecule has 6 heteroatoms. The highest BCUT2D eigenvalue weighted by Gasteiger charge is 2.15. The van der Waals surface area contributed by atoms with Gasteiger partial charge in [-0.05, 0) is 25.7 Å². The minimum Gasteiger partial charge on any atom is -0.353 e. The first kappa shape index (κ1) is 15.1. The van der Waals surface area contributed by atoms with Gasteiger partial charge in [-0.15, -0.1) is 0 Å².